The Balaban J connectivity index is 2.06. The Morgan fingerprint density at radius 1 is 0.850 bits per heavy atom. The van der Waals surface area contributed by atoms with Crippen LogP contribution in [0.2, 0.25) is 0 Å². The Labute approximate surface area is 239 Å². The molecule has 3 aromatic carbocycles. The van der Waals surface area contributed by atoms with Crippen LogP contribution in [0.3, 0.4) is 0 Å². The molecule has 3 rings (SSSR count). The van der Waals surface area contributed by atoms with E-state index in [4.69, 9.17) is 0 Å². The number of nitrogens with zero attached hydrogens (tertiary/aromatic N) is 2. The molecule has 214 valence electrons. The van der Waals surface area contributed by atoms with Gasteiger partial charge in [0.15, 0.2) is 0 Å². The molecule has 0 saturated carbocycles. The van der Waals surface area contributed by atoms with Gasteiger partial charge in [-0.25, -0.2) is 8.42 Å². The Morgan fingerprint density at radius 3 is 2.12 bits per heavy atom. The molecule has 0 fully saturated rings. The maximum atomic E-state index is 14.1. The molecule has 0 aliphatic rings. The summed E-state index contributed by atoms with van der Waals surface area (Å²) in [6.45, 7) is 10.0. The summed E-state index contributed by atoms with van der Waals surface area (Å²) < 4.78 is 27.0. The maximum absolute atomic E-state index is 14.1. The molecule has 40 heavy (non-hydrogen) atoms. The summed E-state index contributed by atoms with van der Waals surface area (Å²) in [6, 6.07) is 21.8. The monoisotopic (exact) mass is 563 g/mol. The molecule has 0 spiro atoms. The van der Waals surface area contributed by atoms with E-state index < -0.39 is 28.5 Å². The highest BCUT2D eigenvalue weighted by molar-refractivity contribution is 7.92. The smallest absolute Gasteiger partial charge is 0.244 e. The fourth-order valence-corrected chi connectivity index (χ4v) is 5.32. The molecule has 0 unspecified atom stereocenters. The third-order valence-electron chi connectivity index (χ3n) is 6.85. The van der Waals surface area contributed by atoms with Crippen molar-refractivity contribution < 1.29 is 18.0 Å². The Kier molecular flexibility index (Phi) is 10.5. The van der Waals surface area contributed by atoms with Gasteiger partial charge in [-0.1, -0.05) is 80.1 Å². The third kappa shape index (κ3) is 8.68. The predicted molar refractivity (Wildman–Crippen MR) is 162 cm³/mol. The molecule has 3 aromatic rings. The van der Waals surface area contributed by atoms with Crippen LogP contribution in [-0.4, -0.2) is 50.5 Å². The van der Waals surface area contributed by atoms with Crippen LogP contribution in [0.5, 0.6) is 0 Å². The van der Waals surface area contributed by atoms with Crippen LogP contribution >= 0.6 is 0 Å². The lowest BCUT2D eigenvalue weighted by molar-refractivity contribution is -0.140. The number of nitrogens with one attached hydrogen (secondary N) is 1. The molecule has 1 N–H and O–H groups in total. The van der Waals surface area contributed by atoms with Crippen molar-refractivity contribution in [3.8, 4) is 0 Å². The van der Waals surface area contributed by atoms with Gasteiger partial charge in [-0.2, -0.15) is 0 Å². The molecule has 0 bridgehead atoms. The predicted octanol–water partition coefficient (Wildman–Crippen LogP) is 4.79. The summed E-state index contributed by atoms with van der Waals surface area (Å²) in [5.74, 6) is -0.491. The fourth-order valence-electron chi connectivity index (χ4n) is 4.48. The topological polar surface area (TPSA) is 86.8 Å². The second-order valence-electron chi connectivity index (χ2n) is 10.9. The number of aryl methyl sites for hydroxylation is 3. The van der Waals surface area contributed by atoms with Gasteiger partial charge in [0.2, 0.25) is 21.8 Å². The highest BCUT2D eigenvalue weighted by atomic mass is 32.2. The van der Waals surface area contributed by atoms with Crippen LogP contribution in [0.25, 0.3) is 0 Å². The molecule has 2 amide bonds. The minimum absolute atomic E-state index is 0.164. The highest BCUT2D eigenvalue weighted by Crippen LogP contribution is 2.23. The molecule has 0 aliphatic heterocycles. The number of sulfonamides is 1. The second-order valence-corrected chi connectivity index (χ2v) is 12.8. The first-order chi connectivity index (χ1) is 18.8. The number of hydrogen-bond donors (Lipinski definition) is 1. The minimum Gasteiger partial charge on any atom is -0.354 e. The van der Waals surface area contributed by atoms with Gasteiger partial charge in [0.25, 0.3) is 0 Å². The Bertz CT molecular complexity index is 1420. The molecular weight excluding hydrogens is 522 g/mol. The average Bonchev–Trinajstić information content (AvgIpc) is 2.89. The maximum Gasteiger partial charge on any atom is 0.244 e. The second kappa shape index (κ2) is 13.6. The van der Waals surface area contributed by atoms with Crippen molar-refractivity contribution in [2.75, 3.05) is 23.7 Å². The van der Waals surface area contributed by atoms with E-state index in [1.807, 2.05) is 95.3 Å². The van der Waals surface area contributed by atoms with E-state index in [2.05, 4.69) is 5.32 Å². The van der Waals surface area contributed by atoms with E-state index in [9.17, 15) is 18.0 Å². The Hall–Kier alpha value is -3.65. The number of rotatable bonds is 12. The van der Waals surface area contributed by atoms with E-state index >= 15 is 0 Å². The van der Waals surface area contributed by atoms with Crippen LogP contribution in [0.1, 0.15) is 41.7 Å². The van der Waals surface area contributed by atoms with Crippen molar-refractivity contribution in [3.63, 3.8) is 0 Å². The van der Waals surface area contributed by atoms with Gasteiger partial charge in [0.1, 0.15) is 12.6 Å². The lowest BCUT2D eigenvalue weighted by Gasteiger charge is -2.33. The largest absolute Gasteiger partial charge is 0.354 e. The lowest BCUT2D eigenvalue weighted by atomic mass is 10.0. The van der Waals surface area contributed by atoms with Crippen molar-refractivity contribution in [1.82, 2.24) is 10.2 Å². The first kappa shape index (κ1) is 30.9. The summed E-state index contributed by atoms with van der Waals surface area (Å²) in [6.07, 6.45) is 1.39. The van der Waals surface area contributed by atoms with E-state index in [0.29, 0.717) is 18.7 Å². The van der Waals surface area contributed by atoms with E-state index in [-0.39, 0.29) is 18.4 Å². The van der Waals surface area contributed by atoms with Gasteiger partial charge >= 0.3 is 0 Å². The van der Waals surface area contributed by atoms with Crippen molar-refractivity contribution in [2.24, 2.45) is 5.92 Å². The summed E-state index contributed by atoms with van der Waals surface area (Å²) in [5, 5.41) is 3.00. The van der Waals surface area contributed by atoms with Gasteiger partial charge in [0.05, 0.1) is 11.9 Å². The standard InChI is InChI=1S/C32H41N3O4S/c1-23(2)20-33-32(37)30(19-27-12-8-7-9-13-27)34(21-28-14-10-11-24(3)17-28)31(36)22-35(40(6,38)39)29-16-15-25(4)26(5)18-29/h7-18,23,30H,19-22H2,1-6H3,(H,33,37)/t30-/m0/s1. The van der Waals surface area contributed by atoms with E-state index in [1.54, 1.807) is 12.1 Å². The molecule has 1 atom stereocenters. The van der Waals surface area contributed by atoms with E-state index in [1.165, 1.54) is 4.90 Å². The van der Waals surface area contributed by atoms with Gasteiger partial charge < -0.3 is 10.2 Å². The van der Waals surface area contributed by atoms with Gasteiger partial charge in [-0.15, -0.1) is 0 Å². The quantitative estimate of drug-likeness (QED) is 0.343. The lowest BCUT2D eigenvalue weighted by Crippen LogP contribution is -2.53. The highest BCUT2D eigenvalue weighted by Gasteiger charge is 2.33. The van der Waals surface area contributed by atoms with Crippen LogP contribution in [0, 0.1) is 26.7 Å². The number of carbonyl (C=O) groups excluding carboxylic acids is 2. The zero-order valence-electron chi connectivity index (χ0n) is 24.3. The van der Waals surface area contributed by atoms with Crippen LogP contribution in [0.15, 0.2) is 72.8 Å². The summed E-state index contributed by atoms with van der Waals surface area (Å²) >= 11 is 0. The van der Waals surface area contributed by atoms with E-state index in [0.717, 1.165) is 38.4 Å². The minimum atomic E-state index is -3.80. The third-order valence-corrected chi connectivity index (χ3v) is 7.99. The molecule has 0 aliphatic carbocycles. The number of hydrogen-bond acceptors (Lipinski definition) is 4. The van der Waals surface area contributed by atoms with Gasteiger partial charge in [0, 0.05) is 19.5 Å². The first-order valence-corrected chi connectivity index (χ1v) is 15.4. The van der Waals surface area contributed by atoms with Crippen LogP contribution in [-0.2, 0) is 32.6 Å². The van der Waals surface area contributed by atoms with Crippen LogP contribution < -0.4 is 9.62 Å². The fraction of sp³-hybridized carbons (Fsp3) is 0.375. The van der Waals surface area contributed by atoms with Gasteiger partial charge in [-0.05, 0) is 61.1 Å². The molecule has 8 heteroatoms. The molecule has 0 saturated heterocycles. The summed E-state index contributed by atoms with van der Waals surface area (Å²) in [5.41, 5.74) is 5.16. The van der Waals surface area contributed by atoms with Gasteiger partial charge in [-0.3, -0.25) is 13.9 Å². The average molecular weight is 564 g/mol. The SMILES string of the molecule is Cc1cccc(CN(C(=O)CN(c2ccc(C)c(C)c2)S(C)(=O)=O)[C@@H](Cc2ccccc2)C(=O)NCC(C)C)c1. The number of carbonyl (C=O) groups is 2. The molecule has 0 aromatic heterocycles. The zero-order valence-corrected chi connectivity index (χ0v) is 25.2. The van der Waals surface area contributed by atoms with Crippen LogP contribution in [0.4, 0.5) is 5.69 Å². The zero-order chi connectivity index (χ0) is 29.4. The molecule has 0 radical (unpaired) electrons. The van der Waals surface area contributed by atoms with Crippen molar-refractivity contribution in [3.05, 3.63) is 101 Å². The molecule has 7 nitrogen and oxygen atoms in total. The van der Waals surface area contributed by atoms with Crippen molar-refractivity contribution >= 4 is 27.5 Å². The number of benzene rings is 3. The Morgan fingerprint density at radius 2 is 1.52 bits per heavy atom. The number of amides is 2. The number of anilines is 1. The summed E-state index contributed by atoms with van der Waals surface area (Å²) in [4.78, 5) is 29.3. The van der Waals surface area contributed by atoms with Crippen molar-refractivity contribution in [1.29, 1.82) is 0 Å². The molecule has 0 heterocycles. The summed E-state index contributed by atoms with van der Waals surface area (Å²) in [7, 11) is -3.80. The van der Waals surface area contributed by atoms with Crippen molar-refractivity contribution in [2.45, 2.75) is 53.6 Å². The first-order valence-electron chi connectivity index (χ1n) is 13.6. The molecular formula is C32H41N3O4S. The normalized spacial score (nSPS) is 12.2.